The Labute approximate surface area is 168 Å². The van der Waals surface area contributed by atoms with Crippen LogP contribution in [-0.2, 0) is 9.59 Å². The summed E-state index contributed by atoms with van der Waals surface area (Å²) >= 11 is 0. The van der Waals surface area contributed by atoms with Crippen molar-refractivity contribution in [3.05, 3.63) is 35.4 Å². The number of hydrogen-bond donors (Lipinski definition) is 2. The number of nitrogens with two attached hydrogens (primary N) is 1. The second kappa shape index (κ2) is 10.3. The number of halogens is 3. The minimum absolute atomic E-state index is 0. The van der Waals surface area contributed by atoms with Gasteiger partial charge in [0.05, 0.1) is 12.6 Å². The summed E-state index contributed by atoms with van der Waals surface area (Å²) in [6, 6.07) is 2.56. The summed E-state index contributed by atoms with van der Waals surface area (Å²) in [5.74, 6) is -3.32. The second-order valence-electron chi connectivity index (χ2n) is 6.76. The number of carbonyl (C=O) groups is 3. The van der Waals surface area contributed by atoms with Gasteiger partial charge < -0.3 is 20.9 Å². The van der Waals surface area contributed by atoms with E-state index in [-0.39, 0.29) is 57.0 Å². The highest BCUT2D eigenvalue weighted by molar-refractivity contribution is 5.95. The quantitative estimate of drug-likeness (QED) is 0.738. The summed E-state index contributed by atoms with van der Waals surface area (Å²) in [6.45, 7) is 4.16. The summed E-state index contributed by atoms with van der Waals surface area (Å²) in [5, 5.41) is 2.50. The van der Waals surface area contributed by atoms with Crippen LogP contribution in [0.25, 0.3) is 0 Å². The number of carbonyl (C=O) groups excluding carboxylic acids is 3. The van der Waals surface area contributed by atoms with Crippen LogP contribution in [0.2, 0.25) is 0 Å². The Hall–Kier alpha value is -2.26. The molecular formula is C18H25ClF2N4O3. The third-order valence-corrected chi connectivity index (χ3v) is 4.53. The van der Waals surface area contributed by atoms with E-state index >= 15 is 0 Å². The molecule has 0 radical (unpaired) electrons. The fraction of sp³-hybridized carbons (Fsp3) is 0.500. The van der Waals surface area contributed by atoms with Gasteiger partial charge in [0.2, 0.25) is 11.8 Å². The summed E-state index contributed by atoms with van der Waals surface area (Å²) in [6.07, 6.45) is 0. The monoisotopic (exact) mass is 418 g/mol. The Morgan fingerprint density at radius 2 is 1.57 bits per heavy atom. The van der Waals surface area contributed by atoms with Crippen molar-refractivity contribution in [2.45, 2.75) is 19.9 Å². The van der Waals surface area contributed by atoms with Crippen LogP contribution in [0.1, 0.15) is 24.2 Å². The number of rotatable bonds is 5. The number of hydrogen-bond acceptors (Lipinski definition) is 4. The summed E-state index contributed by atoms with van der Waals surface area (Å²) in [7, 11) is 0. The normalized spacial score (nSPS) is 15.1. The van der Waals surface area contributed by atoms with Crippen molar-refractivity contribution in [3.8, 4) is 0 Å². The van der Waals surface area contributed by atoms with Crippen molar-refractivity contribution < 1.29 is 23.2 Å². The van der Waals surface area contributed by atoms with Crippen LogP contribution < -0.4 is 11.1 Å². The third kappa shape index (κ3) is 5.62. The van der Waals surface area contributed by atoms with Crippen LogP contribution in [0.5, 0.6) is 0 Å². The highest BCUT2D eigenvalue weighted by Gasteiger charge is 2.28. The highest BCUT2D eigenvalue weighted by atomic mass is 35.5. The smallest absolute Gasteiger partial charge is 0.259 e. The molecule has 10 heteroatoms. The van der Waals surface area contributed by atoms with E-state index in [1.165, 1.54) is 15.9 Å². The maximum atomic E-state index is 13.8. The van der Waals surface area contributed by atoms with Crippen molar-refractivity contribution in [1.29, 1.82) is 0 Å². The van der Waals surface area contributed by atoms with Crippen LogP contribution in [0.3, 0.4) is 0 Å². The molecule has 0 aliphatic carbocycles. The lowest BCUT2D eigenvalue weighted by atomic mass is 10.1. The van der Waals surface area contributed by atoms with E-state index < -0.39 is 35.1 Å². The lowest BCUT2D eigenvalue weighted by Gasteiger charge is -2.35. The summed E-state index contributed by atoms with van der Waals surface area (Å²) in [4.78, 5) is 39.1. The molecule has 2 rings (SSSR count). The highest BCUT2D eigenvalue weighted by Crippen LogP contribution is 2.16. The Bertz CT molecular complexity index is 705. The lowest BCUT2D eigenvalue weighted by Crippen LogP contribution is -2.54. The molecule has 0 unspecified atom stereocenters. The van der Waals surface area contributed by atoms with E-state index in [1.54, 1.807) is 13.8 Å². The molecule has 0 spiro atoms. The lowest BCUT2D eigenvalue weighted by molar-refractivity contribution is -0.134. The molecule has 1 atom stereocenters. The van der Waals surface area contributed by atoms with Gasteiger partial charge in [0.15, 0.2) is 0 Å². The van der Waals surface area contributed by atoms with E-state index in [1.807, 2.05) is 0 Å². The number of piperazine rings is 1. The van der Waals surface area contributed by atoms with Crippen molar-refractivity contribution in [3.63, 3.8) is 0 Å². The molecule has 28 heavy (non-hydrogen) atoms. The predicted octanol–water partition coefficient (Wildman–Crippen LogP) is 0.770. The van der Waals surface area contributed by atoms with E-state index in [0.29, 0.717) is 0 Å². The molecule has 1 aliphatic heterocycles. The summed E-state index contributed by atoms with van der Waals surface area (Å²) < 4.78 is 27.5. The maximum Gasteiger partial charge on any atom is 0.259 e. The molecule has 0 aromatic heterocycles. The van der Waals surface area contributed by atoms with Gasteiger partial charge in [-0.25, -0.2) is 8.78 Å². The first-order valence-electron chi connectivity index (χ1n) is 8.76. The molecule has 0 saturated carbocycles. The molecule has 1 aromatic carbocycles. The van der Waals surface area contributed by atoms with Gasteiger partial charge in [0.1, 0.15) is 17.2 Å². The molecule has 1 aromatic rings. The third-order valence-electron chi connectivity index (χ3n) is 4.53. The number of nitrogens with one attached hydrogen (secondary N) is 1. The zero-order valence-electron chi connectivity index (χ0n) is 15.8. The van der Waals surface area contributed by atoms with Gasteiger partial charge in [0.25, 0.3) is 5.91 Å². The second-order valence-corrected chi connectivity index (χ2v) is 6.76. The molecule has 1 fully saturated rings. The van der Waals surface area contributed by atoms with Crippen LogP contribution >= 0.6 is 12.4 Å². The van der Waals surface area contributed by atoms with Gasteiger partial charge in [-0.1, -0.05) is 19.9 Å². The zero-order valence-corrected chi connectivity index (χ0v) is 16.6. The minimum atomic E-state index is -0.914. The van der Waals surface area contributed by atoms with Crippen LogP contribution in [0, 0.1) is 17.6 Å². The molecule has 1 saturated heterocycles. The van der Waals surface area contributed by atoms with Crippen LogP contribution in [0.4, 0.5) is 8.78 Å². The maximum absolute atomic E-state index is 13.8. The zero-order chi connectivity index (χ0) is 20.1. The van der Waals surface area contributed by atoms with Gasteiger partial charge in [-0.15, -0.1) is 12.4 Å². The molecular weight excluding hydrogens is 394 g/mol. The Kier molecular flexibility index (Phi) is 8.77. The molecule has 0 bridgehead atoms. The SMILES string of the molecule is CC(C)[C@H](N)C(=O)NCC(=O)N1CCN(C(=O)c2c(F)cccc2F)CC1.Cl. The predicted molar refractivity (Wildman–Crippen MR) is 102 cm³/mol. The minimum Gasteiger partial charge on any atom is -0.346 e. The Morgan fingerprint density at radius 3 is 2.07 bits per heavy atom. The average molecular weight is 419 g/mol. The van der Waals surface area contributed by atoms with Gasteiger partial charge in [0, 0.05) is 26.2 Å². The first kappa shape index (κ1) is 23.8. The fourth-order valence-corrected chi connectivity index (χ4v) is 2.71. The molecule has 3 N–H and O–H groups in total. The van der Waals surface area contributed by atoms with Gasteiger partial charge in [-0.05, 0) is 18.1 Å². The van der Waals surface area contributed by atoms with E-state index in [2.05, 4.69) is 5.32 Å². The molecule has 1 aliphatic rings. The molecule has 7 nitrogen and oxygen atoms in total. The first-order chi connectivity index (χ1) is 12.7. The van der Waals surface area contributed by atoms with Crippen molar-refractivity contribution in [1.82, 2.24) is 15.1 Å². The number of amides is 3. The number of nitrogens with zero attached hydrogens (tertiary/aromatic N) is 2. The van der Waals surface area contributed by atoms with E-state index in [4.69, 9.17) is 5.73 Å². The van der Waals surface area contributed by atoms with Crippen molar-refractivity contribution in [2.75, 3.05) is 32.7 Å². The van der Waals surface area contributed by atoms with E-state index in [0.717, 1.165) is 12.1 Å². The standard InChI is InChI=1S/C18H24F2N4O3.ClH/c1-11(2)16(21)17(26)22-10-14(25)23-6-8-24(9-7-23)18(27)15-12(19)4-3-5-13(15)20;/h3-5,11,16H,6-10,21H2,1-2H3,(H,22,26);1H/t16-;/m0./s1. The van der Waals surface area contributed by atoms with Gasteiger partial charge in [-0.3, -0.25) is 14.4 Å². The largest absolute Gasteiger partial charge is 0.346 e. The molecule has 156 valence electrons. The average Bonchev–Trinajstić information content (AvgIpc) is 2.64. The Morgan fingerprint density at radius 1 is 1.07 bits per heavy atom. The fourth-order valence-electron chi connectivity index (χ4n) is 2.71. The van der Waals surface area contributed by atoms with Crippen molar-refractivity contribution in [2.24, 2.45) is 11.7 Å². The molecule has 1 heterocycles. The molecule has 3 amide bonds. The van der Waals surface area contributed by atoms with Crippen LogP contribution in [-0.4, -0.2) is 66.3 Å². The van der Waals surface area contributed by atoms with Gasteiger partial charge in [-0.2, -0.15) is 0 Å². The van der Waals surface area contributed by atoms with Crippen LogP contribution in [0.15, 0.2) is 18.2 Å². The van der Waals surface area contributed by atoms with Crippen molar-refractivity contribution >= 4 is 30.1 Å². The first-order valence-corrected chi connectivity index (χ1v) is 8.76. The van der Waals surface area contributed by atoms with E-state index in [9.17, 15) is 23.2 Å². The number of benzene rings is 1. The topological polar surface area (TPSA) is 95.7 Å². The van der Waals surface area contributed by atoms with Gasteiger partial charge >= 0.3 is 0 Å². The Balaban J connectivity index is 0.00000392. The summed E-state index contributed by atoms with van der Waals surface area (Å²) in [5.41, 5.74) is 5.12.